The summed E-state index contributed by atoms with van der Waals surface area (Å²) in [6, 6.07) is 50.4. The van der Waals surface area contributed by atoms with Crippen LogP contribution in [0.25, 0.3) is 0 Å². The van der Waals surface area contributed by atoms with Gasteiger partial charge in [-0.05, 0) is 92.1 Å². The predicted molar refractivity (Wildman–Crippen MR) is 209 cm³/mol. The summed E-state index contributed by atoms with van der Waals surface area (Å²) in [6.45, 7) is 4.48. The van der Waals surface area contributed by atoms with Crippen LogP contribution in [0.3, 0.4) is 0 Å². The number of rotatable bonds is 13. The van der Waals surface area contributed by atoms with Crippen molar-refractivity contribution in [3.63, 3.8) is 0 Å². The van der Waals surface area contributed by atoms with Crippen molar-refractivity contribution in [3.8, 4) is 5.75 Å². The third-order valence-corrected chi connectivity index (χ3v) is 10.5. The molecule has 51 heavy (non-hydrogen) atoms. The van der Waals surface area contributed by atoms with Gasteiger partial charge in [-0.25, -0.2) is 4.79 Å². The summed E-state index contributed by atoms with van der Waals surface area (Å²) in [4.78, 5) is 18.5. The van der Waals surface area contributed by atoms with Gasteiger partial charge in [-0.15, -0.1) is 0 Å². The van der Waals surface area contributed by atoms with Crippen LogP contribution in [0.1, 0.15) is 55.2 Å². The highest BCUT2D eigenvalue weighted by molar-refractivity contribution is 6.01. The van der Waals surface area contributed by atoms with Crippen molar-refractivity contribution in [2.24, 2.45) is 5.92 Å². The first-order valence-electron chi connectivity index (χ1n) is 18.7. The second-order valence-electron chi connectivity index (χ2n) is 14.0. The average Bonchev–Trinajstić information content (AvgIpc) is 3.71. The number of para-hydroxylation sites is 1. The molecule has 2 fully saturated rings. The zero-order valence-electron chi connectivity index (χ0n) is 29.5. The Labute approximate surface area is 303 Å². The van der Waals surface area contributed by atoms with Crippen LogP contribution in [0.5, 0.6) is 5.75 Å². The maximum absolute atomic E-state index is 14.1. The maximum atomic E-state index is 14.1. The number of anilines is 2. The van der Waals surface area contributed by atoms with Gasteiger partial charge in [-0.3, -0.25) is 15.1 Å². The van der Waals surface area contributed by atoms with E-state index < -0.39 is 5.54 Å². The van der Waals surface area contributed by atoms with E-state index in [1.54, 1.807) is 0 Å². The van der Waals surface area contributed by atoms with Crippen molar-refractivity contribution in [2.75, 3.05) is 43.0 Å². The van der Waals surface area contributed by atoms with E-state index in [1.807, 2.05) is 59.5 Å². The van der Waals surface area contributed by atoms with E-state index in [0.29, 0.717) is 19.1 Å². The summed E-state index contributed by atoms with van der Waals surface area (Å²) in [5.74, 6) is 1.10. The fraction of sp³-hybridized carbons (Fsp3) is 0.311. The molecule has 0 radical (unpaired) electrons. The number of hydrogen-bond acceptors (Lipinski definition) is 4. The first-order valence-corrected chi connectivity index (χ1v) is 18.7. The molecule has 1 heterocycles. The molecule has 1 aliphatic heterocycles. The van der Waals surface area contributed by atoms with Crippen LogP contribution in [0, 0.1) is 5.92 Å². The van der Waals surface area contributed by atoms with E-state index in [-0.39, 0.29) is 12.1 Å². The summed E-state index contributed by atoms with van der Waals surface area (Å²) in [5.41, 5.74) is 4.76. The first-order chi connectivity index (χ1) is 25.2. The molecule has 1 aliphatic carbocycles. The average molecular weight is 679 g/mol. The fourth-order valence-electron chi connectivity index (χ4n) is 8.02. The van der Waals surface area contributed by atoms with Gasteiger partial charge < -0.3 is 10.1 Å². The van der Waals surface area contributed by atoms with E-state index in [0.717, 1.165) is 62.4 Å². The van der Waals surface area contributed by atoms with Crippen LogP contribution >= 0.6 is 0 Å². The molecule has 6 heteroatoms. The molecule has 0 spiro atoms. The number of benzene rings is 5. The lowest BCUT2D eigenvalue weighted by molar-refractivity contribution is 0.237. The molecule has 1 saturated carbocycles. The normalized spacial score (nSPS) is 17.9. The minimum atomic E-state index is -0.526. The highest BCUT2D eigenvalue weighted by atomic mass is 16.5. The highest BCUT2D eigenvalue weighted by Crippen LogP contribution is 2.39. The number of nitrogens with zero attached hydrogens (tertiary/aromatic N) is 2. The van der Waals surface area contributed by atoms with Gasteiger partial charge >= 0.3 is 6.03 Å². The minimum absolute atomic E-state index is 0.127. The van der Waals surface area contributed by atoms with Gasteiger partial charge in [-0.1, -0.05) is 122 Å². The summed E-state index contributed by atoms with van der Waals surface area (Å²) < 4.78 is 6.23. The molecule has 1 saturated heterocycles. The Bertz CT molecular complexity index is 1700. The minimum Gasteiger partial charge on any atom is -0.492 e. The molecule has 6 nitrogen and oxygen atoms in total. The third kappa shape index (κ3) is 8.53. The van der Waals surface area contributed by atoms with Gasteiger partial charge in [0.2, 0.25) is 0 Å². The summed E-state index contributed by atoms with van der Waals surface area (Å²) in [7, 11) is 0. The van der Waals surface area contributed by atoms with Gasteiger partial charge in [0.1, 0.15) is 12.4 Å². The van der Waals surface area contributed by atoms with E-state index in [4.69, 9.17) is 4.74 Å². The lowest BCUT2D eigenvalue weighted by Gasteiger charge is -2.43. The predicted octanol–water partition coefficient (Wildman–Crippen LogP) is 9.34. The smallest absolute Gasteiger partial charge is 0.326 e. The quantitative estimate of drug-likeness (QED) is 0.122. The van der Waals surface area contributed by atoms with Crippen molar-refractivity contribution in [1.82, 2.24) is 10.2 Å². The largest absolute Gasteiger partial charge is 0.492 e. The topological polar surface area (TPSA) is 56.8 Å². The van der Waals surface area contributed by atoms with Crippen LogP contribution in [-0.4, -0.2) is 49.8 Å². The van der Waals surface area contributed by atoms with Gasteiger partial charge in [0.25, 0.3) is 0 Å². The molecular weight excluding hydrogens is 629 g/mol. The van der Waals surface area contributed by atoms with Crippen LogP contribution in [0.4, 0.5) is 16.2 Å². The third-order valence-electron chi connectivity index (χ3n) is 10.5. The van der Waals surface area contributed by atoms with Gasteiger partial charge in [0.05, 0.1) is 5.54 Å². The second-order valence-corrected chi connectivity index (χ2v) is 14.0. The van der Waals surface area contributed by atoms with Crippen molar-refractivity contribution in [3.05, 3.63) is 162 Å². The zero-order chi connectivity index (χ0) is 34.7. The fourth-order valence-corrected chi connectivity index (χ4v) is 8.02. The Balaban J connectivity index is 1.14. The molecule has 0 bridgehead atoms. The molecule has 262 valence electrons. The number of carbonyl (C=O) groups excluding carboxylic acids is 1. The molecule has 7 rings (SSSR count). The first kappa shape index (κ1) is 34.5. The number of carbonyl (C=O) groups is 1. The Hall–Kier alpha value is -4.91. The monoisotopic (exact) mass is 678 g/mol. The molecule has 2 aliphatic rings. The van der Waals surface area contributed by atoms with Gasteiger partial charge in [0, 0.05) is 36.6 Å². The van der Waals surface area contributed by atoms with Gasteiger partial charge in [0.15, 0.2) is 0 Å². The molecule has 2 unspecified atom stereocenters. The summed E-state index contributed by atoms with van der Waals surface area (Å²) in [5, 5.41) is 7.41. The van der Waals surface area contributed by atoms with E-state index >= 15 is 0 Å². The van der Waals surface area contributed by atoms with Crippen LogP contribution < -0.4 is 20.3 Å². The summed E-state index contributed by atoms with van der Waals surface area (Å²) >= 11 is 0. The van der Waals surface area contributed by atoms with E-state index in [1.165, 1.54) is 29.5 Å². The van der Waals surface area contributed by atoms with Crippen LogP contribution in [0.2, 0.25) is 0 Å². The van der Waals surface area contributed by atoms with Crippen molar-refractivity contribution < 1.29 is 9.53 Å². The summed E-state index contributed by atoms with van der Waals surface area (Å²) in [6.07, 6.45) is 6.71. The number of likely N-dealkylation sites (tertiary alicyclic amines) is 1. The number of urea groups is 1. The lowest BCUT2D eigenvalue weighted by atomic mass is 9.75. The molecule has 2 N–H and O–H groups in total. The van der Waals surface area contributed by atoms with E-state index in [9.17, 15) is 4.79 Å². The van der Waals surface area contributed by atoms with Crippen molar-refractivity contribution in [1.29, 1.82) is 0 Å². The number of nitrogens with one attached hydrogen (secondary N) is 2. The second kappa shape index (κ2) is 16.9. The Morgan fingerprint density at radius 2 is 1.29 bits per heavy atom. The van der Waals surface area contributed by atoms with Crippen molar-refractivity contribution in [2.45, 2.75) is 50.1 Å². The van der Waals surface area contributed by atoms with Crippen LogP contribution in [-0.2, 0) is 5.54 Å². The zero-order valence-corrected chi connectivity index (χ0v) is 29.5. The maximum Gasteiger partial charge on any atom is 0.326 e. The number of hydrogen-bond donors (Lipinski definition) is 2. The molecule has 2 amide bonds. The lowest BCUT2D eigenvalue weighted by Crippen LogP contribution is -2.52. The molecule has 2 atom stereocenters. The Morgan fingerprint density at radius 1 is 0.706 bits per heavy atom. The van der Waals surface area contributed by atoms with Crippen molar-refractivity contribution >= 4 is 17.4 Å². The Kier molecular flexibility index (Phi) is 11.4. The Morgan fingerprint density at radius 3 is 1.90 bits per heavy atom. The SMILES string of the molecule is O=C(Nc1ccccc1)N(CC1CCCC(NC(c2ccccc2)(c2ccccc2)c2ccccc2)C1)c1cccc(OCCN2CCCC2)c1. The highest BCUT2D eigenvalue weighted by Gasteiger charge is 2.39. The van der Waals surface area contributed by atoms with E-state index in [2.05, 4.69) is 107 Å². The standard InChI is InChI=1S/C45H50N4O2/c50-44(46-40-24-11-4-12-25-40)49(42-27-16-28-43(34-42)51-32-31-48-29-13-14-30-48)35-36-17-15-26-41(33-36)47-45(37-18-5-1-6-19-37,38-20-7-2-8-21-38)39-22-9-3-10-23-39/h1-12,16,18-25,27-28,34,36,41,47H,13-15,17,26,29-33,35H2,(H,46,50). The molecular formula is C45H50N4O2. The van der Waals surface area contributed by atoms with Gasteiger partial charge in [-0.2, -0.15) is 0 Å². The number of ether oxygens (including phenoxy) is 1. The number of amides is 2. The molecule has 5 aromatic rings. The van der Waals surface area contributed by atoms with Crippen LogP contribution in [0.15, 0.2) is 146 Å². The molecule has 0 aromatic heterocycles. The molecule has 5 aromatic carbocycles.